The van der Waals surface area contributed by atoms with Gasteiger partial charge in [-0.2, -0.15) is 0 Å². The summed E-state index contributed by atoms with van der Waals surface area (Å²) in [7, 11) is 0. The van der Waals surface area contributed by atoms with Gasteiger partial charge in [-0.3, -0.25) is 0 Å². The molecule has 0 nitrogen and oxygen atoms in total. The number of fused-ring (bicyclic) bond motifs is 7. The van der Waals surface area contributed by atoms with Gasteiger partial charge in [-0.05, 0) is 57.1 Å². The number of aryl methyl sites for hydroxylation is 1. The molecule has 0 saturated heterocycles. The first-order valence-electron chi connectivity index (χ1n) is 7.84. The van der Waals surface area contributed by atoms with Gasteiger partial charge in [0.1, 0.15) is 0 Å². The van der Waals surface area contributed by atoms with Crippen molar-refractivity contribution >= 4 is 21.5 Å². The summed E-state index contributed by atoms with van der Waals surface area (Å²) in [5, 5.41) is 5.51. The lowest BCUT2D eigenvalue weighted by Crippen LogP contribution is -1.86. The maximum Gasteiger partial charge on any atom is -0.000111 e. The van der Waals surface area contributed by atoms with Crippen molar-refractivity contribution in [2.45, 2.75) is 13.3 Å². The lowest BCUT2D eigenvalue weighted by Gasteiger charge is -2.06. The van der Waals surface area contributed by atoms with Crippen LogP contribution < -0.4 is 0 Å². The maximum atomic E-state index is 2.34. The molecule has 0 aliphatic heterocycles. The molecule has 0 heterocycles. The average Bonchev–Trinajstić information content (AvgIpc) is 2.94. The minimum Gasteiger partial charge on any atom is -0.0616 e. The van der Waals surface area contributed by atoms with E-state index in [-0.39, 0.29) is 0 Å². The van der Waals surface area contributed by atoms with E-state index in [4.69, 9.17) is 0 Å². The quantitative estimate of drug-likeness (QED) is 0.332. The summed E-state index contributed by atoms with van der Waals surface area (Å²) >= 11 is 0. The van der Waals surface area contributed by atoms with Crippen LogP contribution in [0.1, 0.15) is 16.7 Å². The fourth-order valence-corrected chi connectivity index (χ4v) is 3.89. The van der Waals surface area contributed by atoms with Crippen molar-refractivity contribution in [3.05, 3.63) is 83.4 Å². The van der Waals surface area contributed by atoms with Crippen molar-refractivity contribution < 1.29 is 0 Å². The molecule has 0 atom stereocenters. The predicted octanol–water partition coefficient (Wildman–Crippen LogP) is 5.87. The van der Waals surface area contributed by atoms with E-state index in [0.717, 1.165) is 6.42 Å². The van der Waals surface area contributed by atoms with Gasteiger partial charge in [0, 0.05) is 0 Å². The molecule has 1 aliphatic rings. The zero-order valence-electron chi connectivity index (χ0n) is 12.6. The molecule has 0 bridgehead atoms. The third-order valence-electron chi connectivity index (χ3n) is 4.97. The second-order valence-electron chi connectivity index (χ2n) is 6.31. The van der Waals surface area contributed by atoms with Crippen LogP contribution in [-0.2, 0) is 6.42 Å². The summed E-state index contributed by atoms with van der Waals surface area (Å²) in [6.07, 6.45) is 1.05. The minimum atomic E-state index is 1.05. The molecule has 22 heavy (non-hydrogen) atoms. The zero-order valence-corrected chi connectivity index (χ0v) is 12.6. The highest BCUT2D eigenvalue weighted by Crippen LogP contribution is 2.43. The van der Waals surface area contributed by atoms with E-state index in [1.54, 1.807) is 0 Å². The van der Waals surface area contributed by atoms with E-state index >= 15 is 0 Å². The first-order chi connectivity index (χ1) is 10.8. The summed E-state index contributed by atoms with van der Waals surface area (Å²) in [5.74, 6) is 0. The number of hydrogen-bond acceptors (Lipinski definition) is 0. The van der Waals surface area contributed by atoms with Gasteiger partial charge in [0.05, 0.1) is 0 Å². The van der Waals surface area contributed by atoms with Gasteiger partial charge in [0.25, 0.3) is 0 Å². The number of benzene rings is 4. The Morgan fingerprint density at radius 2 is 1.27 bits per heavy atom. The van der Waals surface area contributed by atoms with Crippen LogP contribution >= 0.6 is 0 Å². The van der Waals surface area contributed by atoms with E-state index in [2.05, 4.69) is 73.7 Å². The highest BCUT2D eigenvalue weighted by atomic mass is 14.2. The smallest absolute Gasteiger partial charge is 0.000111 e. The largest absolute Gasteiger partial charge is 0.0616 e. The third-order valence-corrected chi connectivity index (χ3v) is 4.97. The van der Waals surface area contributed by atoms with Gasteiger partial charge < -0.3 is 0 Å². The topological polar surface area (TPSA) is 0 Å². The summed E-state index contributed by atoms with van der Waals surface area (Å²) < 4.78 is 0. The molecule has 1 aliphatic carbocycles. The molecule has 4 aromatic carbocycles. The molecule has 0 saturated carbocycles. The SMILES string of the molecule is Cc1ccc2ccc3c(c2c1)Cc1c-3ccc2ccccc12. The van der Waals surface area contributed by atoms with E-state index in [0.29, 0.717) is 0 Å². The molecule has 0 spiro atoms. The Hall–Kier alpha value is -2.60. The van der Waals surface area contributed by atoms with Crippen LogP contribution in [0, 0.1) is 6.92 Å². The van der Waals surface area contributed by atoms with Crippen LogP contribution in [0.5, 0.6) is 0 Å². The molecule has 0 aromatic heterocycles. The van der Waals surface area contributed by atoms with Gasteiger partial charge in [0.15, 0.2) is 0 Å². The normalized spacial score (nSPS) is 12.6. The van der Waals surface area contributed by atoms with Crippen molar-refractivity contribution in [1.82, 2.24) is 0 Å². The number of rotatable bonds is 0. The summed E-state index contributed by atoms with van der Waals surface area (Å²) in [4.78, 5) is 0. The van der Waals surface area contributed by atoms with E-state index < -0.39 is 0 Å². The minimum absolute atomic E-state index is 1.05. The van der Waals surface area contributed by atoms with Crippen molar-refractivity contribution in [1.29, 1.82) is 0 Å². The lowest BCUT2D eigenvalue weighted by molar-refractivity contribution is 1.30. The maximum absolute atomic E-state index is 2.34. The zero-order chi connectivity index (χ0) is 14.7. The Bertz CT molecular complexity index is 1050. The van der Waals surface area contributed by atoms with Gasteiger partial charge in [-0.25, -0.2) is 0 Å². The van der Waals surface area contributed by atoms with Crippen molar-refractivity contribution in [3.63, 3.8) is 0 Å². The number of hydrogen-bond donors (Lipinski definition) is 0. The van der Waals surface area contributed by atoms with Crippen LogP contribution in [0.4, 0.5) is 0 Å². The van der Waals surface area contributed by atoms with Crippen LogP contribution in [-0.4, -0.2) is 0 Å². The molecule has 0 heteroatoms. The fraction of sp³-hybridized carbons (Fsp3) is 0.0909. The molecule has 0 amide bonds. The van der Waals surface area contributed by atoms with Crippen LogP contribution in [0.2, 0.25) is 0 Å². The van der Waals surface area contributed by atoms with Gasteiger partial charge in [-0.15, -0.1) is 0 Å². The molecule has 0 N–H and O–H groups in total. The molecule has 0 unspecified atom stereocenters. The highest BCUT2D eigenvalue weighted by Gasteiger charge is 2.22. The fourth-order valence-electron chi connectivity index (χ4n) is 3.89. The predicted molar refractivity (Wildman–Crippen MR) is 94.4 cm³/mol. The summed E-state index contributed by atoms with van der Waals surface area (Å²) in [6, 6.07) is 24.6. The van der Waals surface area contributed by atoms with Gasteiger partial charge in [-0.1, -0.05) is 72.3 Å². The van der Waals surface area contributed by atoms with Gasteiger partial charge >= 0.3 is 0 Å². The molecule has 0 fully saturated rings. The first-order valence-corrected chi connectivity index (χ1v) is 7.84. The molecular weight excluding hydrogens is 264 g/mol. The lowest BCUT2D eigenvalue weighted by atomic mass is 9.98. The Kier molecular flexibility index (Phi) is 2.29. The first kappa shape index (κ1) is 12.0. The summed E-state index contributed by atoms with van der Waals surface area (Å²) in [5.41, 5.74) is 7.15. The molecular formula is C22H16. The van der Waals surface area contributed by atoms with Gasteiger partial charge in [0.2, 0.25) is 0 Å². The van der Waals surface area contributed by atoms with E-state index in [9.17, 15) is 0 Å². The van der Waals surface area contributed by atoms with Crippen LogP contribution in [0.3, 0.4) is 0 Å². The third kappa shape index (κ3) is 1.52. The Morgan fingerprint density at radius 1 is 0.636 bits per heavy atom. The van der Waals surface area contributed by atoms with E-state index in [1.807, 2.05) is 0 Å². The molecule has 5 rings (SSSR count). The monoisotopic (exact) mass is 280 g/mol. The Labute approximate surface area is 130 Å². The van der Waals surface area contributed by atoms with Crippen molar-refractivity contribution in [2.24, 2.45) is 0 Å². The van der Waals surface area contributed by atoms with Crippen LogP contribution in [0.25, 0.3) is 32.7 Å². The van der Waals surface area contributed by atoms with Crippen LogP contribution in [0.15, 0.2) is 66.7 Å². The second kappa shape index (κ2) is 4.20. The summed E-state index contributed by atoms with van der Waals surface area (Å²) in [6.45, 7) is 2.18. The second-order valence-corrected chi connectivity index (χ2v) is 6.31. The van der Waals surface area contributed by atoms with E-state index in [1.165, 1.54) is 49.4 Å². The van der Waals surface area contributed by atoms with Crippen molar-refractivity contribution in [3.8, 4) is 11.1 Å². The highest BCUT2D eigenvalue weighted by molar-refractivity contribution is 6.00. The molecule has 0 radical (unpaired) electrons. The van der Waals surface area contributed by atoms with Crippen molar-refractivity contribution in [2.75, 3.05) is 0 Å². The Balaban J connectivity index is 1.87. The molecule has 104 valence electrons. The Morgan fingerprint density at radius 3 is 2.09 bits per heavy atom. The standard InChI is InChI=1S/C22H16/c1-14-6-7-16-9-11-19-18-10-8-15-4-2-3-5-17(15)21(18)13-22(19)20(16)12-14/h2-12H,13H2,1H3. The molecule has 4 aromatic rings. The average molecular weight is 280 g/mol.